The van der Waals surface area contributed by atoms with E-state index in [2.05, 4.69) is 10.6 Å². The molecule has 8 heteroatoms. The summed E-state index contributed by atoms with van der Waals surface area (Å²) in [5.74, 6) is 0.562. The Balaban J connectivity index is 1.62. The molecule has 0 bridgehead atoms. The first-order chi connectivity index (χ1) is 11.4. The van der Waals surface area contributed by atoms with E-state index < -0.39 is 5.91 Å². The number of amides is 3. The normalized spacial score (nSPS) is 18.0. The molecule has 24 heavy (non-hydrogen) atoms. The van der Waals surface area contributed by atoms with E-state index in [1.165, 1.54) is 11.8 Å². The van der Waals surface area contributed by atoms with Crippen molar-refractivity contribution in [2.45, 2.75) is 32.6 Å². The van der Waals surface area contributed by atoms with Crippen LogP contribution in [-0.4, -0.2) is 48.9 Å². The molecule has 0 aromatic carbocycles. The summed E-state index contributed by atoms with van der Waals surface area (Å²) in [7, 11) is 0. The Morgan fingerprint density at radius 3 is 2.58 bits per heavy atom. The van der Waals surface area contributed by atoms with Gasteiger partial charge in [-0.1, -0.05) is 0 Å². The Hall–Kier alpha value is -1.70. The zero-order valence-corrected chi connectivity index (χ0v) is 14.8. The molecule has 7 nitrogen and oxygen atoms in total. The number of carbonyl (C=O) groups excluding carboxylic acids is 3. The van der Waals surface area contributed by atoms with Gasteiger partial charge in [0, 0.05) is 19.5 Å². The fraction of sp³-hybridized carbons (Fsp3) is 0.688. The molecule has 0 aromatic rings. The van der Waals surface area contributed by atoms with Gasteiger partial charge < -0.3 is 21.1 Å². The van der Waals surface area contributed by atoms with Gasteiger partial charge in [-0.25, -0.2) is 0 Å². The molecule has 0 unspecified atom stereocenters. The van der Waals surface area contributed by atoms with E-state index in [9.17, 15) is 14.4 Å². The van der Waals surface area contributed by atoms with Crippen molar-refractivity contribution in [3.63, 3.8) is 0 Å². The van der Waals surface area contributed by atoms with Crippen LogP contribution in [0.15, 0.2) is 11.3 Å². The summed E-state index contributed by atoms with van der Waals surface area (Å²) in [6.07, 6.45) is 3.64. The summed E-state index contributed by atoms with van der Waals surface area (Å²) in [5.41, 5.74) is 5.87. The highest BCUT2D eigenvalue weighted by Crippen LogP contribution is 2.48. The van der Waals surface area contributed by atoms with Gasteiger partial charge in [0.1, 0.15) is 5.76 Å². The van der Waals surface area contributed by atoms with Crippen LogP contribution in [0.1, 0.15) is 32.6 Å². The van der Waals surface area contributed by atoms with Crippen molar-refractivity contribution in [2.24, 2.45) is 11.1 Å². The number of rotatable bonds is 10. The van der Waals surface area contributed by atoms with Crippen LogP contribution in [0, 0.1) is 5.41 Å². The molecule has 1 heterocycles. The van der Waals surface area contributed by atoms with Gasteiger partial charge in [0.15, 0.2) is 0 Å². The van der Waals surface area contributed by atoms with Crippen LogP contribution in [0.3, 0.4) is 0 Å². The van der Waals surface area contributed by atoms with Crippen molar-refractivity contribution in [2.75, 3.05) is 31.2 Å². The van der Waals surface area contributed by atoms with Crippen LogP contribution in [0.5, 0.6) is 0 Å². The van der Waals surface area contributed by atoms with E-state index >= 15 is 0 Å². The van der Waals surface area contributed by atoms with E-state index in [0.717, 1.165) is 30.6 Å². The van der Waals surface area contributed by atoms with Gasteiger partial charge in [0.05, 0.1) is 23.7 Å². The third-order valence-electron chi connectivity index (χ3n) is 4.41. The minimum Gasteiger partial charge on any atom is -0.497 e. The summed E-state index contributed by atoms with van der Waals surface area (Å²) in [6, 6.07) is 0. The van der Waals surface area contributed by atoms with Crippen LogP contribution < -0.4 is 16.4 Å². The number of nitrogens with one attached hydrogen (secondary N) is 2. The molecule has 1 aliphatic heterocycles. The maximum absolute atomic E-state index is 12.1. The summed E-state index contributed by atoms with van der Waals surface area (Å²) in [6.45, 7) is 3.62. The SMILES string of the molecule is CC1=C(C(=O)NCC2(CCNC(=O)CSCC(N)=O)CC2)CCO1. The summed E-state index contributed by atoms with van der Waals surface area (Å²) >= 11 is 1.21. The summed E-state index contributed by atoms with van der Waals surface area (Å²) in [4.78, 5) is 34.4. The second-order valence-corrected chi connectivity index (χ2v) is 7.36. The Labute approximate surface area is 146 Å². The Bertz CT molecular complexity index is 543. The molecule has 1 aliphatic carbocycles. The molecular weight excluding hydrogens is 330 g/mol. The lowest BCUT2D eigenvalue weighted by Gasteiger charge is -2.16. The monoisotopic (exact) mass is 355 g/mol. The van der Waals surface area contributed by atoms with Crippen molar-refractivity contribution < 1.29 is 19.1 Å². The topological polar surface area (TPSA) is 111 Å². The van der Waals surface area contributed by atoms with Crippen molar-refractivity contribution in [3.05, 3.63) is 11.3 Å². The van der Waals surface area contributed by atoms with E-state index in [0.29, 0.717) is 26.1 Å². The zero-order chi connectivity index (χ0) is 17.6. The average molecular weight is 355 g/mol. The number of primary amides is 1. The molecule has 0 aromatic heterocycles. The molecule has 0 spiro atoms. The van der Waals surface area contributed by atoms with E-state index in [-0.39, 0.29) is 28.7 Å². The summed E-state index contributed by atoms with van der Waals surface area (Å²) in [5, 5.41) is 5.85. The number of carbonyl (C=O) groups is 3. The minimum atomic E-state index is -0.418. The molecule has 2 rings (SSSR count). The molecule has 134 valence electrons. The predicted molar refractivity (Wildman–Crippen MR) is 92.1 cm³/mol. The number of nitrogens with two attached hydrogens (primary N) is 1. The zero-order valence-electron chi connectivity index (χ0n) is 14.0. The number of thioether (sulfide) groups is 1. The van der Waals surface area contributed by atoms with Gasteiger partial charge in [0.2, 0.25) is 11.8 Å². The molecule has 2 aliphatic rings. The highest BCUT2D eigenvalue weighted by atomic mass is 32.2. The molecule has 1 fully saturated rings. The van der Waals surface area contributed by atoms with Crippen LogP contribution in [0.2, 0.25) is 0 Å². The van der Waals surface area contributed by atoms with Crippen LogP contribution in [0.25, 0.3) is 0 Å². The second kappa shape index (κ2) is 8.41. The van der Waals surface area contributed by atoms with Crippen molar-refractivity contribution in [3.8, 4) is 0 Å². The molecule has 0 radical (unpaired) electrons. The Morgan fingerprint density at radius 2 is 2.00 bits per heavy atom. The second-order valence-electron chi connectivity index (χ2n) is 6.37. The lowest BCUT2D eigenvalue weighted by atomic mass is 10.0. The largest absolute Gasteiger partial charge is 0.497 e. The van der Waals surface area contributed by atoms with Gasteiger partial charge >= 0.3 is 0 Å². The van der Waals surface area contributed by atoms with E-state index in [1.54, 1.807) is 0 Å². The molecule has 0 saturated heterocycles. The predicted octanol–water partition coefficient (Wildman–Crippen LogP) is 0.302. The average Bonchev–Trinajstić information content (AvgIpc) is 3.16. The lowest BCUT2D eigenvalue weighted by molar-refractivity contribution is -0.119. The van der Waals surface area contributed by atoms with E-state index in [1.807, 2.05) is 6.92 Å². The maximum atomic E-state index is 12.1. The summed E-state index contributed by atoms with van der Waals surface area (Å²) < 4.78 is 5.31. The molecule has 3 amide bonds. The van der Waals surface area contributed by atoms with Gasteiger partial charge in [-0.3, -0.25) is 14.4 Å². The third kappa shape index (κ3) is 5.74. The number of hydrogen-bond donors (Lipinski definition) is 3. The fourth-order valence-electron chi connectivity index (χ4n) is 2.67. The highest BCUT2D eigenvalue weighted by Gasteiger charge is 2.42. The van der Waals surface area contributed by atoms with Crippen molar-refractivity contribution in [1.29, 1.82) is 0 Å². The van der Waals surface area contributed by atoms with Crippen LogP contribution in [0.4, 0.5) is 0 Å². The van der Waals surface area contributed by atoms with Gasteiger partial charge in [-0.05, 0) is 31.6 Å². The van der Waals surface area contributed by atoms with Crippen molar-refractivity contribution in [1.82, 2.24) is 10.6 Å². The van der Waals surface area contributed by atoms with Gasteiger partial charge in [-0.15, -0.1) is 11.8 Å². The van der Waals surface area contributed by atoms with E-state index in [4.69, 9.17) is 10.5 Å². The minimum absolute atomic E-state index is 0.0387. The van der Waals surface area contributed by atoms with Crippen LogP contribution in [-0.2, 0) is 19.1 Å². The standard InChI is InChI=1S/C16H25N3O4S/c1-11-12(2-7-23-11)15(22)19-10-16(3-4-16)5-6-18-14(21)9-24-8-13(17)20/h2-10H2,1H3,(H2,17,20)(H,18,21)(H,19,22). The lowest BCUT2D eigenvalue weighted by Crippen LogP contribution is -2.34. The van der Waals surface area contributed by atoms with Gasteiger partial charge in [0.25, 0.3) is 5.91 Å². The first-order valence-corrected chi connectivity index (χ1v) is 9.31. The van der Waals surface area contributed by atoms with Gasteiger partial charge in [-0.2, -0.15) is 0 Å². The number of allylic oxidation sites excluding steroid dienone is 1. The molecule has 4 N–H and O–H groups in total. The highest BCUT2D eigenvalue weighted by molar-refractivity contribution is 8.00. The fourth-order valence-corrected chi connectivity index (χ4v) is 3.26. The Morgan fingerprint density at radius 1 is 1.25 bits per heavy atom. The first kappa shape index (κ1) is 18.6. The quantitative estimate of drug-likeness (QED) is 0.522. The van der Waals surface area contributed by atoms with Crippen molar-refractivity contribution >= 4 is 29.5 Å². The molecule has 1 saturated carbocycles. The number of ether oxygens (including phenoxy) is 1. The first-order valence-electron chi connectivity index (χ1n) is 8.15. The van der Waals surface area contributed by atoms with Crippen LogP contribution >= 0.6 is 11.8 Å². The molecule has 0 atom stereocenters. The molecular formula is C16H25N3O4S. The maximum Gasteiger partial charge on any atom is 0.250 e. The third-order valence-corrected chi connectivity index (χ3v) is 5.36. The smallest absolute Gasteiger partial charge is 0.250 e. The Kier molecular flexibility index (Phi) is 6.53. The number of hydrogen-bond acceptors (Lipinski definition) is 5.